The van der Waals surface area contributed by atoms with Gasteiger partial charge in [-0.1, -0.05) is 31.9 Å². The van der Waals surface area contributed by atoms with E-state index in [1.807, 2.05) is 6.08 Å². The van der Waals surface area contributed by atoms with Crippen molar-refractivity contribution >= 4 is 0 Å². The molecule has 0 spiro atoms. The normalized spacial score (nSPS) is 12.7. The zero-order valence-electron chi connectivity index (χ0n) is 7.19. The van der Waals surface area contributed by atoms with Crippen LogP contribution in [0.4, 0.5) is 0 Å². The Bertz CT molecular complexity index is 98.6. The summed E-state index contributed by atoms with van der Waals surface area (Å²) in [6.07, 6.45) is 5.60. The van der Waals surface area contributed by atoms with Crippen molar-refractivity contribution in [1.29, 1.82) is 0 Å². The van der Waals surface area contributed by atoms with E-state index in [4.69, 9.17) is 0 Å². The van der Waals surface area contributed by atoms with Crippen LogP contribution in [0.5, 0.6) is 0 Å². The quantitative estimate of drug-likeness (QED) is 0.558. The fraction of sp³-hybridized carbons (Fsp3) is 0.600. The third kappa shape index (κ3) is 5.87. The van der Waals surface area contributed by atoms with Crippen LogP contribution in [0, 0.1) is 19.8 Å². The number of rotatable bonds is 4. The van der Waals surface area contributed by atoms with Crippen LogP contribution in [-0.4, -0.2) is 0 Å². The highest BCUT2D eigenvalue weighted by Crippen LogP contribution is 2.10. The molecule has 2 radical (unpaired) electrons. The fourth-order valence-electron chi connectivity index (χ4n) is 0.831. The van der Waals surface area contributed by atoms with E-state index in [0.29, 0.717) is 5.92 Å². The molecule has 0 saturated carbocycles. The van der Waals surface area contributed by atoms with Gasteiger partial charge in [-0.2, -0.15) is 0 Å². The summed E-state index contributed by atoms with van der Waals surface area (Å²) in [5.41, 5.74) is 1.39. The molecule has 0 aromatic rings. The molecule has 0 N–H and O–H groups in total. The lowest BCUT2D eigenvalue weighted by atomic mass is 10.0. The average molecular weight is 138 g/mol. The Morgan fingerprint density at radius 3 is 2.60 bits per heavy atom. The van der Waals surface area contributed by atoms with Gasteiger partial charge in [0, 0.05) is 0 Å². The highest BCUT2D eigenvalue weighted by Gasteiger charge is 1.93. The Kier molecular flexibility index (Phi) is 5.38. The molecule has 1 unspecified atom stereocenters. The Labute approximate surface area is 65.3 Å². The fourth-order valence-corrected chi connectivity index (χ4v) is 0.831. The molecule has 0 fully saturated rings. The van der Waals surface area contributed by atoms with Gasteiger partial charge < -0.3 is 0 Å². The van der Waals surface area contributed by atoms with Gasteiger partial charge in [0.25, 0.3) is 0 Å². The minimum atomic E-state index is 0.595. The van der Waals surface area contributed by atoms with Crippen LogP contribution in [0.2, 0.25) is 0 Å². The van der Waals surface area contributed by atoms with Crippen LogP contribution >= 0.6 is 0 Å². The van der Waals surface area contributed by atoms with Gasteiger partial charge in [-0.25, -0.2) is 0 Å². The van der Waals surface area contributed by atoms with E-state index in [-0.39, 0.29) is 0 Å². The maximum absolute atomic E-state index is 3.93. The van der Waals surface area contributed by atoms with E-state index in [9.17, 15) is 0 Å². The second-order valence-electron chi connectivity index (χ2n) is 3.05. The zero-order chi connectivity index (χ0) is 7.98. The molecule has 0 aliphatic carbocycles. The van der Waals surface area contributed by atoms with Crippen molar-refractivity contribution in [3.05, 3.63) is 25.5 Å². The zero-order valence-corrected chi connectivity index (χ0v) is 7.19. The van der Waals surface area contributed by atoms with Crippen LogP contribution in [0.1, 0.15) is 33.1 Å². The first-order chi connectivity index (χ1) is 4.66. The molecular weight excluding hydrogens is 120 g/mol. The van der Waals surface area contributed by atoms with Crippen LogP contribution in [0.3, 0.4) is 0 Å². The summed E-state index contributed by atoms with van der Waals surface area (Å²) in [5, 5.41) is 0. The van der Waals surface area contributed by atoms with E-state index in [0.717, 1.165) is 0 Å². The lowest BCUT2D eigenvalue weighted by Gasteiger charge is -2.03. The first-order valence-electron chi connectivity index (χ1n) is 3.94. The number of allylic oxidation sites excluding steroid dienone is 2. The molecule has 10 heavy (non-hydrogen) atoms. The van der Waals surface area contributed by atoms with Gasteiger partial charge in [0.2, 0.25) is 0 Å². The van der Waals surface area contributed by atoms with Gasteiger partial charge in [0.05, 0.1) is 0 Å². The lowest BCUT2D eigenvalue weighted by molar-refractivity contribution is 0.601. The molecule has 0 rings (SSSR count). The molecule has 0 heteroatoms. The molecule has 1 atom stereocenters. The van der Waals surface area contributed by atoms with Gasteiger partial charge in [-0.05, 0) is 32.6 Å². The summed E-state index contributed by atoms with van der Waals surface area (Å²) in [6, 6.07) is 0. The summed E-state index contributed by atoms with van der Waals surface area (Å²) < 4.78 is 0. The first kappa shape index (κ1) is 9.74. The predicted octanol–water partition coefficient (Wildman–Crippen LogP) is 3.41. The third-order valence-corrected chi connectivity index (χ3v) is 1.62. The topological polar surface area (TPSA) is 0 Å². The molecule has 0 saturated heterocycles. The third-order valence-electron chi connectivity index (χ3n) is 1.62. The van der Waals surface area contributed by atoms with Gasteiger partial charge in [0.1, 0.15) is 0 Å². The first-order valence-corrected chi connectivity index (χ1v) is 3.94. The molecule has 0 heterocycles. The Balaban J connectivity index is 3.20. The van der Waals surface area contributed by atoms with E-state index in [1.165, 1.54) is 24.8 Å². The maximum atomic E-state index is 3.93. The lowest BCUT2D eigenvalue weighted by Crippen LogP contribution is -1.87. The standard InChI is InChI=1S/C10H18/c1-5-10(4)8-6-7-9(2)3/h5,9H,1-2,6-8H2,3-4H3. The molecule has 0 bridgehead atoms. The smallest absolute Gasteiger partial charge is 0.0313 e. The van der Waals surface area contributed by atoms with Crippen molar-refractivity contribution in [2.24, 2.45) is 5.92 Å². The van der Waals surface area contributed by atoms with Crippen molar-refractivity contribution < 1.29 is 0 Å². The van der Waals surface area contributed by atoms with E-state index in [2.05, 4.69) is 27.7 Å². The van der Waals surface area contributed by atoms with Gasteiger partial charge in [0.15, 0.2) is 0 Å². The van der Waals surface area contributed by atoms with Crippen LogP contribution < -0.4 is 0 Å². The highest BCUT2D eigenvalue weighted by molar-refractivity contribution is 4.99. The number of hydrogen-bond donors (Lipinski definition) is 0. The van der Waals surface area contributed by atoms with E-state index < -0.39 is 0 Å². The molecule has 0 aliphatic rings. The highest BCUT2D eigenvalue weighted by atomic mass is 14.0. The minimum absolute atomic E-state index is 0.595. The Morgan fingerprint density at radius 1 is 1.60 bits per heavy atom. The van der Waals surface area contributed by atoms with Crippen LogP contribution in [-0.2, 0) is 0 Å². The van der Waals surface area contributed by atoms with E-state index in [1.54, 1.807) is 0 Å². The summed E-state index contributed by atoms with van der Waals surface area (Å²) in [7, 11) is 0. The average Bonchev–Trinajstić information content (AvgIpc) is 1.87. The molecule has 0 aromatic carbocycles. The van der Waals surface area contributed by atoms with Gasteiger partial charge in [-0.3, -0.25) is 0 Å². The van der Waals surface area contributed by atoms with Crippen molar-refractivity contribution in [3.63, 3.8) is 0 Å². The molecule has 58 valence electrons. The predicted molar refractivity (Wildman–Crippen MR) is 47.5 cm³/mol. The van der Waals surface area contributed by atoms with Crippen molar-refractivity contribution in [2.45, 2.75) is 33.1 Å². The Hall–Kier alpha value is -0.260. The van der Waals surface area contributed by atoms with Gasteiger partial charge >= 0.3 is 0 Å². The molecule has 0 aliphatic heterocycles. The van der Waals surface area contributed by atoms with Crippen molar-refractivity contribution in [1.82, 2.24) is 0 Å². The second-order valence-corrected chi connectivity index (χ2v) is 3.05. The largest absolute Gasteiger partial charge is 0.0853 e. The maximum Gasteiger partial charge on any atom is -0.0313 e. The molecule has 0 aromatic heterocycles. The Morgan fingerprint density at radius 2 is 2.20 bits per heavy atom. The van der Waals surface area contributed by atoms with Crippen molar-refractivity contribution in [2.75, 3.05) is 0 Å². The molecular formula is C10H18. The van der Waals surface area contributed by atoms with Crippen LogP contribution in [0.15, 0.2) is 11.6 Å². The summed E-state index contributed by atoms with van der Waals surface area (Å²) in [6.45, 7) is 11.9. The molecule has 0 amide bonds. The monoisotopic (exact) mass is 138 g/mol. The number of hydrogen-bond acceptors (Lipinski definition) is 0. The van der Waals surface area contributed by atoms with Crippen molar-refractivity contribution in [3.8, 4) is 0 Å². The summed E-state index contributed by atoms with van der Waals surface area (Å²) in [5.74, 6) is 0.595. The van der Waals surface area contributed by atoms with E-state index >= 15 is 0 Å². The minimum Gasteiger partial charge on any atom is -0.0853 e. The summed E-state index contributed by atoms with van der Waals surface area (Å²) >= 11 is 0. The second kappa shape index (κ2) is 5.52. The van der Waals surface area contributed by atoms with Gasteiger partial charge in [-0.15, -0.1) is 0 Å². The van der Waals surface area contributed by atoms with Crippen LogP contribution in [0.25, 0.3) is 0 Å². The SMILES string of the molecule is [CH2]C=C(C)CCCC([CH2])C. The molecule has 0 nitrogen and oxygen atoms in total. The summed E-state index contributed by atoms with van der Waals surface area (Å²) in [4.78, 5) is 0.